The van der Waals surface area contributed by atoms with Gasteiger partial charge in [0.2, 0.25) is 0 Å². The van der Waals surface area contributed by atoms with Crippen molar-refractivity contribution in [3.63, 3.8) is 0 Å². The van der Waals surface area contributed by atoms with Crippen molar-refractivity contribution in [1.29, 1.82) is 0 Å². The minimum Gasteiger partial charge on any atom is -0.491 e. The third-order valence-corrected chi connectivity index (χ3v) is 5.72. The molecular formula is C20H34N2O3. The topological polar surface area (TPSA) is 55.5 Å². The van der Waals surface area contributed by atoms with Crippen molar-refractivity contribution in [3.05, 3.63) is 24.5 Å². The summed E-state index contributed by atoms with van der Waals surface area (Å²) in [5.41, 5.74) is -1.58. The number of nitrogens with zero attached hydrogens (tertiary/aromatic N) is 2. The number of allylic oxidation sites excluding steroid dienone is 1. The molecule has 5 nitrogen and oxygen atoms in total. The zero-order chi connectivity index (χ0) is 19.4. The minimum atomic E-state index is -0.615. The van der Waals surface area contributed by atoms with E-state index in [1.807, 2.05) is 48.5 Å². The van der Waals surface area contributed by atoms with Crippen molar-refractivity contribution in [2.45, 2.75) is 102 Å². The highest BCUT2D eigenvalue weighted by molar-refractivity contribution is 5.18. The van der Waals surface area contributed by atoms with Crippen LogP contribution < -0.4 is 0 Å². The first-order valence-corrected chi connectivity index (χ1v) is 9.09. The first-order valence-electron chi connectivity index (χ1n) is 9.09. The first-order chi connectivity index (χ1) is 11.1. The highest BCUT2D eigenvalue weighted by atomic mass is 16.5. The van der Waals surface area contributed by atoms with Gasteiger partial charge in [-0.3, -0.25) is 0 Å². The van der Waals surface area contributed by atoms with Crippen LogP contribution in [0.3, 0.4) is 0 Å². The van der Waals surface area contributed by atoms with Crippen LogP contribution in [0.4, 0.5) is 0 Å². The van der Waals surface area contributed by atoms with Gasteiger partial charge in [0.15, 0.2) is 0 Å². The van der Waals surface area contributed by atoms with Crippen molar-refractivity contribution in [1.82, 2.24) is 10.1 Å². The van der Waals surface area contributed by atoms with Gasteiger partial charge >= 0.3 is 0 Å². The van der Waals surface area contributed by atoms with E-state index in [0.29, 0.717) is 31.4 Å². The Morgan fingerprint density at radius 1 is 0.880 bits per heavy atom. The summed E-state index contributed by atoms with van der Waals surface area (Å²) < 4.78 is 6.08. The molecule has 0 amide bonds. The molecule has 0 aromatic heterocycles. The summed E-state index contributed by atoms with van der Waals surface area (Å²) in [7, 11) is 0. The second-order valence-electron chi connectivity index (χ2n) is 9.96. The van der Waals surface area contributed by atoms with E-state index in [9.17, 15) is 10.4 Å². The molecule has 2 rings (SSSR count). The van der Waals surface area contributed by atoms with Crippen molar-refractivity contribution in [3.8, 4) is 0 Å². The zero-order valence-electron chi connectivity index (χ0n) is 16.9. The molecule has 2 aliphatic rings. The Hall–Kier alpha value is -0.880. The van der Waals surface area contributed by atoms with Crippen molar-refractivity contribution >= 4 is 0 Å². The summed E-state index contributed by atoms with van der Waals surface area (Å²) in [5, 5.41) is 28.6. The molecule has 2 radical (unpaired) electrons. The van der Waals surface area contributed by atoms with Gasteiger partial charge in [-0.15, -0.1) is 20.5 Å². The second-order valence-corrected chi connectivity index (χ2v) is 9.96. The molecule has 0 aromatic carbocycles. The lowest BCUT2D eigenvalue weighted by Gasteiger charge is -2.61. The van der Waals surface area contributed by atoms with Crippen LogP contribution in [-0.4, -0.2) is 38.4 Å². The van der Waals surface area contributed by atoms with Gasteiger partial charge in [0.1, 0.15) is 11.9 Å². The first kappa shape index (κ1) is 20.4. The van der Waals surface area contributed by atoms with Crippen LogP contribution in [0.2, 0.25) is 0 Å². The van der Waals surface area contributed by atoms with Gasteiger partial charge in [-0.25, -0.2) is 0 Å². The fourth-order valence-electron chi connectivity index (χ4n) is 5.17. The van der Waals surface area contributed by atoms with Gasteiger partial charge < -0.3 is 4.74 Å². The van der Waals surface area contributed by atoms with Crippen molar-refractivity contribution in [2.75, 3.05) is 0 Å². The summed E-state index contributed by atoms with van der Waals surface area (Å²) in [6.45, 7) is 21.4. The van der Waals surface area contributed by atoms with Crippen molar-refractivity contribution < 1.29 is 15.2 Å². The lowest BCUT2D eigenvalue weighted by atomic mass is 9.64. The standard InChI is InChI=1S/C20H34N2O3/c1-14(2)15(3)25-16-10-17(4,5)22(24)20(11-16)12-18(6,7)21(23)19(8,9)13-20/h16H,1,3,10-13H2,2,4-9H3. The monoisotopic (exact) mass is 350 g/mol. The molecule has 0 aromatic rings. The van der Waals surface area contributed by atoms with E-state index in [1.165, 1.54) is 10.1 Å². The summed E-state index contributed by atoms with van der Waals surface area (Å²) in [4.78, 5) is 0. The molecule has 1 unspecified atom stereocenters. The van der Waals surface area contributed by atoms with Gasteiger partial charge in [-0.1, -0.05) is 13.2 Å². The van der Waals surface area contributed by atoms with E-state index in [-0.39, 0.29) is 6.10 Å². The Morgan fingerprint density at radius 2 is 1.36 bits per heavy atom. The molecule has 25 heavy (non-hydrogen) atoms. The van der Waals surface area contributed by atoms with Crippen LogP contribution >= 0.6 is 0 Å². The van der Waals surface area contributed by atoms with E-state index in [1.54, 1.807) is 0 Å². The molecule has 2 saturated heterocycles. The van der Waals surface area contributed by atoms with Crippen LogP contribution in [-0.2, 0) is 15.2 Å². The lowest BCUT2D eigenvalue weighted by Crippen LogP contribution is -2.72. The molecule has 142 valence electrons. The van der Waals surface area contributed by atoms with Crippen LogP contribution in [0.1, 0.15) is 74.1 Å². The molecule has 0 aliphatic carbocycles. The normalized spacial score (nSPS) is 30.8. The Kier molecular flexibility index (Phi) is 4.97. The van der Waals surface area contributed by atoms with Crippen LogP contribution in [0.5, 0.6) is 0 Å². The predicted octanol–water partition coefficient (Wildman–Crippen LogP) is 4.42. The average molecular weight is 351 g/mol. The number of hydroxylamine groups is 4. The number of rotatable bonds is 3. The summed E-state index contributed by atoms with van der Waals surface area (Å²) >= 11 is 0. The number of piperidine rings is 2. The van der Waals surface area contributed by atoms with Gasteiger partial charge in [0.05, 0.1) is 5.54 Å². The fraction of sp³-hybridized carbons (Fsp3) is 0.800. The maximum Gasteiger partial charge on any atom is 0.114 e. The number of ether oxygens (including phenoxy) is 1. The van der Waals surface area contributed by atoms with E-state index in [4.69, 9.17) is 4.74 Å². The van der Waals surface area contributed by atoms with Crippen LogP contribution in [0.25, 0.3) is 0 Å². The molecule has 0 saturated carbocycles. The molecule has 0 bridgehead atoms. The average Bonchev–Trinajstić information content (AvgIpc) is 2.41. The minimum absolute atomic E-state index is 0.103. The molecule has 2 aliphatic heterocycles. The van der Waals surface area contributed by atoms with Gasteiger partial charge in [0, 0.05) is 29.5 Å². The summed E-state index contributed by atoms with van der Waals surface area (Å²) in [6.07, 6.45) is 2.19. The maximum atomic E-state index is 13.4. The van der Waals surface area contributed by atoms with Crippen LogP contribution in [0.15, 0.2) is 24.5 Å². The lowest BCUT2D eigenvalue weighted by molar-refractivity contribution is -0.366. The Bertz CT molecular complexity index is 547. The highest BCUT2D eigenvalue weighted by Gasteiger charge is 2.61. The number of hydrogen-bond donors (Lipinski definition) is 0. The van der Waals surface area contributed by atoms with Gasteiger partial charge in [0.25, 0.3) is 0 Å². The fourth-order valence-corrected chi connectivity index (χ4v) is 5.17. The molecule has 1 atom stereocenters. The van der Waals surface area contributed by atoms with E-state index in [0.717, 1.165) is 5.57 Å². The summed E-state index contributed by atoms with van der Waals surface area (Å²) in [5.74, 6) is 0.579. The third kappa shape index (κ3) is 3.65. The smallest absolute Gasteiger partial charge is 0.114 e. The molecule has 2 fully saturated rings. The Balaban J connectivity index is 2.39. The second kappa shape index (κ2) is 6.08. The number of hydrogen-bond acceptors (Lipinski definition) is 3. The molecule has 5 heteroatoms. The SMILES string of the molecule is C=C(C)C(=C)OC1CC(C)(C)N([O])C2(C1)CC(C)(C)N([O])C(C)(C)C2. The molecule has 1 spiro atoms. The summed E-state index contributed by atoms with van der Waals surface area (Å²) in [6, 6.07) is 0. The maximum absolute atomic E-state index is 13.4. The Labute approximate surface area is 152 Å². The predicted molar refractivity (Wildman–Crippen MR) is 97.3 cm³/mol. The largest absolute Gasteiger partial charge is 0.491 e. The molecular weight excluding hydrogens is 316 g/mol. The van der Waals surface area contributed by atoms with E-state index in [2.05, 4.69) is 13.2 Å². The van der Waals surface area contributed by atoms with Crippen molar-refractivity contribution in [2.24, 2.45) is 0 Å². The quantitative estimate of drug-likeness (QED) is 0.559. The zero-order valence-corrected chi connectivity index (χ0v) is 16.9. The molecule has 2 heterocycles. The molecule has 0 N–H and O–H groups in total. The third-order valence-electron chi connectivity index (χ3n) is 5.72. The van der Waals surface area contributed by atoms with Gasteiger partial charge in [-0.2, -0.15) is 0 Å². The highest BCUT2D eigenvalue weighted by Crippen LogP contribution is 2.52. The van der Waals surface area contributed by atoms with Gasteiger partial charge in [-0.05, 0) is 66.9 Å². The van der Waals surface area contributed by atoms with E-state index < -0.39 is 22.2 Å². The van der Waals surface area contributed by atoms with E-state index >= 15 is 0 Å². The Morgan fingerprint density at radius 3 is 1.80 bits per heavy atom. The van der Waals surface area contributed by atoms with Crippen LogP contribution in [0, 0.1) is 0 Å².